The van der Waals surface area contributed by atoms with Gasteiger partial charge in [-0.05, 0) is 47.7 Å². The summed E-state index contributed by atoms with van der Waals surface area (Å²) >= 11 is 1.87. The van der Waals surface area contributed by atoms with Gasteiger partial charge >= 0.3 is 6.18 Å². The minimum absolute atomic E-state index is 0.0861. The molecule has 7 heteroatoms. The van der Waals surface area contributed by atoms with Gasteiger partial charge in [-0.25, -0.2) is 0 Å². The van der Waals surface area contributed by atoms with Gasteiger partial charge in [0, 0.05) is 10.7 Å². The van der Waals surface area contributed by atoms with Gasteiger partial charge in [0.2, 0.25) is 5.91 Å². The SMILES string of the molecule is COC(C)CC(=O)Nc1cc(C(F)(F)F)ccc1I. The fraction of sp³-hybridized carbons (Fsp3) is 0.417. The van der Waals surface area contributed by atoms with E-state index < -0.39 is 11.7 Å². The molecule has 0 spiro atoms. The van der Waals surface area contributed by atoms with Crippen LogP contribution in [0.15, 0.2) is 18.2 Å². The zero-order valence-corrected chi connectivity index (χ0v) is 12.5. The van der Waals surface area contributed by atoms with E-state index in [4.69, 9.17) is 4.74 Å². The highest BCUT2D eigenvalue weighted by Gasteiger charge is 2.31. The molecule has 0 aromatic heterocycles. The van der Waals surface area contributed by atoms with Crippen molar-refractivity contribution in [2.45, 2.75) is 25.6 Å². The molecule has 1 N–H and O–H groups in total. The number of amides is 1. The number of benzene rings is 1. The van der Waals surface area contributed by atoms with Gasteiger partial charge < -0.3 is 10.1 Å². The predicted molar refractivity (Wildman–Crippen MR) is 73.9 cm³/mol. The molecular formula is C12H13F3INO2. The van der Waals surface area contributed by atoms with Gasteiger partial charge in [-0.3, -0.25) is 4.79 Å². The summed E-state index contributed by atoms with van der Waals surface area (Å²) in [6.45, 7) is 1.71. The number of hydrogen-bond donors (Lipinski definition) is 1. The van der Waals surface area contributed by atoms with E-state index in [1.165, 1.54) is 13.2 Å². The number of alkyl halides is 3. The highest BCUT2D eigenvalue weighted by molar-refractivity contribution is 14.1. The fourth-order valence-corrected chi connectivity index (χ4v) is 1.81. The molecule has 1 unspecified atom stereocenters. The fourth-order valence-electron chi connectivity index (χ4n) is 1.34. The first-order chi connectivity index (χ1) is 8.74. The maximum atomic E-state index is 12.6. The van der Waals surface area contributed by atoms with E-state index in [0.717, 1.165) is 12.1 Å². The smallest absolute Gasteiger partial charge is 0.381 e. The molecule has 0 radical (unpaired) electrons. The average molecular weight is 387 g/mol. The number of rotatable bonds is 4. The maximum absolute atomic E-state index is 12.6. The van der Waals surface area contributed by atoms with Gasteiger partial charge in [-0.2, -0.15) is 13.2 Å². The van der Waals surface area contributed by atoms with Crippen LogP contribution in [0.3, 0.4) is 0 Å². The molecule has 0 aliphatic rings. The molecular weight excluding hydrogens is 374 g/mol. The minimum Gasteiger partial charge on any atom is -0.381 e. The third-order valence-electron chi connectivity index (χ3n) is 2.44. The molecule has 1 aromatic carbocycles. The molecule has 1 rings (SSSR count). The summed E-state index contributed by atoms with van der Waals surface area (Å²) < 4.78 is 43.2. The number of carbonyl (C=O) groups is 1. The van der Waals surface area contributed by atoms with Gasteiger partial charge in [0.15, 0.2) is 0 Å². The number of carbonyl (C=O) groups excluding carboxylic acids is 1. The van der Waals surface area contributed by atoms with Gasteiger partial charge in [-0.1, -0.05) is 0 Å². The molecule has 0 aliphatic heterocycles. The average Bonchev–Trinajstić information content (AvgIpc) is 2.30. The molecule has 0 fully saturated rings. The topological polar surface area (TPSA) is 38.3 Å². The molecule has 19 heavy (non-hydrogen) atoms. The van der Waals surface area contributed by atoms with Crippen LogP contribution in [0, 0.1) is 3.57 Å². The molecule has 1 aromatic rings. The molecule has 1 atom stereocenters. The summed E-state index contributed by atoms with van der Waals surface area (Å²) in [5.41, 5.74) is -0.633. The summed E-state index contributed by atoms with van der Waals surface area (Å²) in [7, 11) is 1.46. The standard InChI is InChI=1S/C12H13F3INO2/c1-7(19-2)5-11(18)17-10-6-8(12(13,14)15)3-4-9(10)16/h3-4,6-7H,5H2,1-2H3,(H,17,18). The quantitative estimate of drug-likeness (QED) is 0.801. The Hall–Kier alpha value is -0.830. The van der Waals surface area contributed by atoms with Gasteiger partial charge in [0.05, 0.1) is 23.8 Å². The van der Waals surface area contributed by atoms with Crippen molar-refractivity contribution in [3.63, 3.8) is 0 Å². The van der Waals surface area contributed by atoms with Crippen LogP contribution in [-0.2, 0) is 15.7 Å². The van der Waals surface area contributed by atoms with Crippen LogP contribution in [0.1, 0.15) is 18.9 Å². The third kappa shape index (κ3) is 4.98. The van der Waals surface area contributed by atoms with Crippen LogP contribution < -0.4 is 5.32 Å². The normalized spacial score (nSPS) is 13.2. The van der Waals surface area contributed by atoms with Crippen LogP contribution in [0.2, 0.25) is 0 Å². The predicted octanol–water partition coefficient (Wildman–Crippen LogP) is 3.67. The second-order valence-electron chi connectivity index (χ2n) is 3.99. The highest BCUT2D eigenvalue weighted by Crippen LogP contribution is 2.32. The molecule has 0 aliphatic carbocycles. The first-order valence-electron chi connectivity index (χ1n) is 5.43. The number of methoxy groups -OCH3 is 1. The van der Waals surface area contributed by atoms with Crippen molar-refractivity contribution in [1.82, 2.24) is 0 Å². The second kappa shape index (κ2) is 6.56. The Labute approximate surface area is 122 Å². The van der Waals surface area contributed by atoms with Crippen LogP contribution >= 0.6 is 22.6 Å². The van der Waals surface area contributed by atoms with Crippen molar-refractivity contribution in [3.8, 4) is 0 Å². The molecule has 0 saturated heterocycles. The van der Waals surface area contributed by atoms with E-state index in [9.17, 15) is 18.0 Å². The van der Waals surface area contributed by atoms with E-state index in [1.54, 1.807) is 6.92 Å². The van der Waals surface area contributed by atoms with Crippen molar-refractivity contribution in [1.29, 1.82) is 0 Å². The van der Waals surface area contributed by atoms with Gasteiger partial charge in [-0.15, -0.1) is 0 Å². The van der Waals surface area contributed by atoms with Crippen molar-refractivity contribution in [2.24, 2.45) is 0 Å². The number of hydrogen-bond acceptors (Lipinski definition) is 2. The van der Waals surface area contributed by atoms with Crippen LogP contribution in [0.5, 0.6) is 0 Å². The molecule has 1 amide bonds. The minimum atomic E-state index is -4.43. The Morgan fingerprint density at radius 1 is 1.47 bits per heavy atom. The van der Waals surface area contributed by atoms with Gasteiger partial charge in [0.1, 0.15) is 0 Å². The van der Waals surface area contributed by atoms with E-state index >= 15 is 0 Å². The van der Waals surface area contributed by atoms with Crippen molar-refractivity contribution in [3.05, 3.63) is 27.3 Å². The number of nitrogens with one attached hydrogen (secondary N) is 1. The molecule has 106 valence electrons. The Bertz CT molecular complexity index is 463. The first-order valence-corrected chi connectivity index (χ1v) is 6.51. The number of halogens is 4. The highest BCUT2D eigenvalue weighted by atomic mass is 127. The zero-order valence-electron chi connectivity index (χ0n) is 10.3. The third-order valence-corrected chi connectivity index (χ3v) is 3.38. The zero-order chi connectivity index (χ0) is 14.6. The maximum Gasteiger partial charge on any atom is 0.416 e. The monoisotopic (exact) mass is 387 g/mol. The lowest BCUT2D eigenvalue weighted by molar-refractivity contribution is -0.137. The first kappa shape index (κ1) is 16.2. The Balaban J connectivity index is 2.86. The number of anilines is 1. The van der Waals surface area contributed by atoms with Crippen molar-refractivity contribution < 1.29 is 22.7 Å². The lowest BCUT2D eigenvalue weighted by Gasteiger charge is -2.13. The van der Waals surface area contributed by atoms with Crippen molar-refractivity contribution in [2.75, 3.05) is 12.4 Å². The molecule has 0 bridgehead atoms. The van der Waals surface area contributed by atoms with E-state index in [2.05, 4.69) is 5.32 Å². The lowest BCUT2D eigenvalue weighted by Crippen LogP contribution is -2.20. The van der Waals surface area contributed by atoms with E-state index in [1.807, 2.05) is 22.6 Å². The summed E-state index contributed by atoms with van der Waals surface area (Å²) in [6, 6.07) is 3.23. The second-order valence-corrected chi connectivity index (χ2v) is 5.15. The van der Waals surface area contributed by atoms with E-state index in [0.29, 0.717) is 3.57 Å². The molecule has 3 nitrogen and oxygen atoms in total. The van der Waals surface area contributed by atoms with Crippen molar-refractivity contribution >= 4 is 34.2 Å². The number of ether oxygens (including phenoxy) is 1. The Morgan fingerprint density at radius 2 is 2.11 bits per heavy atom. The summed E-state index contributed by atoms with van der Waals surface area (Å²) in [5.74, 6) is -0.383. The van der Waals surface area contributed by atoms with Crippen LogP contribution in [0.25, 0.3) is 0 Å². The Morgan fingerprint density at radius 3 is 2.63 bits per heavy atom. The van der Waals surface area contributed by atoms with Crippen LogP contribution in [-0.4, -0.2) is 19.1 Å². The molecule has 0 saturated carbocycles. The largest absolute Gasteiger partial charge is 0.416 e. The lowest BCUT2D eigenvalue weighted by atomic mass is 10.2. The Kier molecular flexibility index (Phi) is 5.60. The summed E-state index contributed by atoms with van der Waals surface area (Å²) in [5, 5.41) is 2.46. The molecule has 0 heterocycles. The summed E-state index contributed by atoms with van der Waals surface area (Å²) in [6.07, 6.45) is -4.63. The van der Waals surface area contributed by atoms with E-state index in [-0.39, 0.29) is 24.1 Å². The van der Waals surface area contributed by atoms with Crippen LogP contribution in [0.4, 0.5) is 18.9 Å². The summed E-state index contributed by atoms with van der Waals surface area (Å²) in [4.78, 5) is 11.6. The van der Waals surface area contributed by atoms with Gasteiger partial charge in [0.25, 0.3) is 0 Å².